The minimum atomic E-state index is -1.11. The lowest BCUT2D eigenvalue weighted by Crippen LogP contribution is -2.35. The zero-order valence-electron chi connectivity index (χ0n) is 13.9. The molecular formula is C19H18N2O4. The number of para-hydroxylation sites is 1. The smallest absolute Gasteiger partial charge is 0.335 e. The second-order valence-corrected chi connectivity index (χ2v) is 6.09. The number of benzene rings is 2. The van der Waals surface area contributed by atoms with Gasteiger partial charge < -0.3 is 10.4 Å². The average Bonchev–Trinajstić information content (AvgIpc) is 2.85. The van der Waals surface area contributed by atoms with Crippen LogP contribution in [0.25, 0.3) is 0 Å². The van der Waals surface area contributed by atoms with Crippen molar-refractivity contribution in [2.24, 2.45) is 0 Å². The maximum absolute atomic E-state index is 12.7. The molecule has 0 saturated carbocycles. The van der Waals surface area contributed by atoms with E-state index in [9.17, 15) is 14.4 Å². The van der Waals surface area contributed by atoms with Crippen LogP contribution in [-0.4, -0.2) is 28.9 Å². The van der Waals surface area contributed by atoms with Gasteiger partial charge in [0, 0.05) is 5.69 Å². The zero-order valence-corrected chi connectivity index (χ0v) is 13.9. The number of carbonyl (C=O) groups is 3. The summed E-state index contributed by atoms with van der Waals surface area (Å²) in [6, 6.07) is 11.0. The van der Waals surface area contributed by atoms with E-state index >= 15 is 0 Å². The lowest BCUT2D eigenvalue weighted by atomic mass is 10.1. The Morgan fingerprint density at radius 3 is 2.40 bits per heavy atom. The van der Waals surface area contributed by atoms with Crippen molar-refractivity contribution in [1.29, 1.82) is 0 Å². The van der Waals surface area contributed by atoms with E-state index in [1.807, 2.05) is 32.0 Å². The van der Waals surface area contributed by atoms with Gasteiger partial charge >= 0.3 is 5.97 Å². The Morgan fingerprint density at radius 1 is 1.12 bits per heavy atom. The van der Waals surface area contributed by atoms with Gasteiger partial charge in [0.15, 0.2) is 0 Å². The van der Waals surface area contributed by atoms with Gasteiger partial charge in [-0.2, -0.15) is 0 Å². The number of anilines is 2. The number of carbonyl (C=O) groups excluding carboxylic acids is 2. The highest BCUT2D eigenvalue weighted by molar-refractivity contribution is 6.23. The molecule has 6 heteroatoms. The first-order chi connectivity index (χ1) is 11.9. The topological polar surface area (TPSA) is 86.7 Å². The number of hydrogen-bond acceptors (Lipinski definition) is 4. The Bertz CT molecular complexity index is 855. The second-order valence-electron chi connectivity index (χ2n) is 6.09. The summed E-state index contributed by atoms with van der Waals surface area (Å²) in [5.41, 5.74) is 3.14. The Morgan fingerprint density at radius 2 is 1.76 bits per heavy atom. The quantitative estimate of drug-likeness (QED) is 0.837. The Labute approximate surface area is 145 Å². The SMILES string of the molecule is Cc1cccc(C)c1NC1CC(=O)N(c2cccc(C(=O)O)c2)C1=O. The van der Waals surface area contributed by atoms with Crippen LogP contribution in [0, 0.1) is 13.8 Å². The van der Waals surface area contributed by atoms with Crippen molar-refractivity contribution < 1.29 is 19.5 Å². The summed E-state index contributed by atoms with van der Waals surface area (Å²) in [7, 11) is 0. The first-order valence-electron chi connectivity index (χ1n) is 7.91. The normalized spacial score (nSPS) is 17.0. The standard InChI is InChI=1S/C19H18N2O4/c1-11-5-3-6-12(2)17(11)20-15-10-16(22)21(18(15)23)14-8-4-7-13(9-14)19(24)25/h3-9,15,20H,10H2,1-2H3,(H,24,25). The molecule has 1 fully saturated rings. The third-order valence-corrected chi connectivity index (χ3v) is 4.30. The molecule has 128 valence electrons. The summed E-state index contributed by atoms with van der Waals surface area (Å²) >= 11 is 0. The molecule has 1 aliphatic rings. The maximum atomic E-state index is 12.7. The molecule has 1 saturated heterocycles. The largest absolute Gasteiger partial charge is 0.478 e. The molecule has 1 heterocycles. The van der Waals surface area contributed by atoms with Gasteiger partial charge in [-0.1, -0.05) is 24.3 Å². The molecule has 0 radical (unpaired) electrons. The highest BCUT2D eigenvalue weighted by Crippen LogP contribution is 2.28. The minimum Gasteiger partial charge on any atom is -0.478 e. The van der Waals surface area contributed by atoms with E-state index in [2.05, 4.69) is 5.32 Å². The summed E-state index contributed by atoms with van der Waals surface area (Å²) < 4.78 is 0. The van der Waals surface area contributed by atoms with E-state index in [-0.39, 0.29) is 29.5 Å². The second kappa shape index (κ2) is 6.39. The number of aryl methyl sites for hydroxylation is 2. The third-order valence-electron chi connectivity index (χ3n) is 4.30. The fourth-order valence-electron chi connectivity index (χ4n) is 3.01. The van der Waals surface area contributed by atoms with Crippen LogP contribution < -0.4 is 10.2 Å². The van der Waals surface area contributed by atoms with Crippen molar-refractivity contribution in [3.05, 3.63) is 59.2 Å². The van der Waals surface area contributed by atoms with E-state index in [1.165, 1.54) is 18.2 Å². The highest BCUT2D eigenvalue weighted by atomic mass is 16.4. The number of aromatic carboxylic acids is 1. The van der Waals surface area contributed by atoms with Gasteiger partial charge in [-0.3, -0.25) is 9.59 Å². The molecule has 25 heavy (non-hydrogen) atoms. The van der Waals surface area contributed by atoms with Crippen molar-refractivity contribution in [2.45, 2.75) is 26.3 Å². The number of carboxylic acids is 1. The van der Waals surface area contributed by atoms with E-state index in [0.717, 1.165) is 21.7 Å². The molecule has 0 aromatic heterocycles. The van der Waals surface area contributed by atoms with Gasteiger partial charge in [-0.05, 0) is 43.2 Å². The molecule has 0 spiro atoms. The highest BCUT2D eigenvalue weighted by Gasteiger charge is 2.40. The van der Waals surface area contributed by atoms with Gasteiger partial charge in [0.1, 0.15) is 6.04 Å². The van der Waals surface area contributed by atoms with Gasteiger partial charge in [0.05, 0.1) is 17.7 Å². The molecule has 6 nitrogen and oxygen atoms in total. The van der Waals surface area contributed by atoms with E-state index in [4.69, 9.17) is 5.11 Å². The molecule has 1 unspecified atom stereocenters. The molecule has 3 rings (SSSR count). The number of amides is 2. The molecule has 2 N–H and O–H groups in total. The lowest BCUT2D eigenvalue weighted by Gasteiger charge is -2.18. The Kier molecular flexibility index (Phi) is 4.27. The van der Waals surface area contributed by atoms with Crippen molar-refractivity contribution in [2.75, 3.05) is 10.2 Å². The predicted octanol–water partition coefficient (Wildman–Crippen LogP) is 2.75. The number of imide groups is 1. The van der Waals surface area contributed by atoms with Crippen LogP contribution in [0.2, 0.25) is 0 Å². The average molecular weight is 338 g/mol. The molecule has 0 bridgehead atoms. The van der Waals surface area contributed by atoms with E-state index < -0.39 is 12.0 Å². The first kappa shape index (κ1) is 16.7. The number of hydrogen-bond donors (Lipinski definition) is 2. The zero-order chi connectivity index (χ0) is 18.1. The van der Waals surface area contributed by atoms with Gasteiger partial charge in [0.2, 0.25) is 5.91 Å². The summed E-state index contributed by atoms with van der Waals surface area (Å²) in [6.45, 7) is 3.87. The first-order valence-corrected chi connectivity index (χ1v) is 7.91. The van der Waals surface area contributed by atoms with E-state index in [1.54, 1.807) is 6.07 Å². The van der Waals surface area contributed by atoms with Crippen LogP contribution >= 0.6 is 0 Å². The van der Waals surface area contributed by atoms with E-state index in [0.29, 0.717) is 0 Å². The lowest BCUT2D eigenvalue weighted by molar-refractivity contribution is -0.121. The summed E-state index contributed by atoms with van der Waals surface area (Å²) in [4.78, 5) is 37.2. The molecule has 1 aliphatic heterocycles. The molecule has 0 aliphatic carbocycles. The minimum absolute atomic E-state index is 0.0317. The number of nitrogens with one attached hydrogen (secondary N) is 1. The van der Waals surface area contributed by atoms with Gasteiger partial charge in [0.25, 0.3) is 5.91 Å². The molecule has 2 amide bonds. The Balaban J connectivity index is 1.88. The summed E-state index contributed by atoms with van der Waals surface area (Å²) in [5.74, 6) is -1.84. The van der Waals surface area contributed by atoms with Crippen LogP contribution in [0.3, 0.4) is 0 Å². The van der Waals surface area contributed by atoms with Crippen LogP contribution in [0.5, 0.6) is 0 Å². The van der Waals surface area contributed by atoms with Crippen molar-refractivity contribution >= 4 is 29.2 Å². The molecule has 2 aromatic rings. The predicted molar refractivity (Wildman–Crippen MR) is 93.8 cm³/mol. The fraction of sp³-hybridized carbons (Fsp3) is 0.211. The Hall–Kier alpha value is -3.15. The van der Waals surface area contributed by atoms with Crippen molar-refractivity contribution in [1.82, 2.24) is 0 Å². The van der Waals surface area contributed by atoms with Crippen LogP contribution in [0.15, 0.2) is 42.5 Å². The number of carboxylic acid groups (broad SMARTS) is 1. The van der Waals surface area contributed by atoms with Crippen LogP contribution in [0.4, 0.5) is 11.4 Å². The fourth-order valence-corrected chi connectivity index (χ4v) is 3.01. The van der Waals surface area contributed by atoms with Crippen molar-refractivity contribution in [3.8, 4) is 0 Å². The van der Waals surface area contributed by atoms with Gasteiger partial charge in [-0.15, -0.1) is 0 Å². The van der Waals surface area contributed by atoms with Crippen molar-refractivity contribution in [3.63, 3.8) is 0 Å². The summed E-state index contributed by atoms with van der Waals surface area (Å²) in [5, 5.41) is 12.3. The molecule has 1 atom stereocenters. The monoisotopic (exact) mass is 338 g/mol. The molecular weight excluding hydrogens is 320 g/mol. The third kappa shape index (κ3) is 3.10. The van der Waals surface area contributed by atoms with Crippen LogP contribution in [-0.2, 0) is 9.59 Å². The van der Waals surface area contributed by atoms with Crippen LogP contribution in [0.1, 0.15) is 27.9 Å². The number of rotatable bonds is 4. The molecule has 2 aromatic carbocycles. The number of nitrogens with zero attached hydrogens (tertiary/aromatic N) is 1. The maximum Gasteiger partial charge on any atom is 0.335 e. The van der Waals surface area contributed by atoms with Gasteiger partial charge in [-0.25, -0.2) is 9.69 Å². The summed E-state index contributed by atoms with van der Waals surface area (Å²) in [6.07, 6.45) is 0.0317.